The van der Waals surface area contributed by atoms with Crippen molar-refractivity contribution in [2.45, 2.75) is 49.7 Å². The molecule has 96 valence electrons. The van der Waals surface area contributed by atoms with Gasteiger partial charge < -0.3 is 9.47 Å². The van der Waals surface area contributed by atoms with Crippen LogP contribution in [0.4, 0.5) is 4.79 Å². The van der Waals surface area contributed by atoms with E-state index >= 15 is 0 Å². The SMILES string of the molecule is O=C1OC23CC4CC5C6CC(CC52)CC3(O1)C6C4. The van der Waals surface area contributed by atoms with Gasteiger partial charge in [0.05, 0.1) is 0 Å². The molecule has 8 bridgehead atoms. The average molecular weight is 246 g/mol. The summed E-state index contributed by atoms with van der Waals surface area (Å²) in [4.78, 5) is 11.9. The van der Waals surface area contributed by atoms with Crippen LogP contribution in [-0.4, -0.2) is 17.4 Å². The fraction of sp³-hybridized carbons (Fsp3) is 0.933. The molecule has 3 heteroatoms. The highest BCUT2D eigenvalue weighted by atomic mass is 16.8. The van der Waals surface area contributed by atoms with Crippen molar-refractivity contribution >= 4 is 6.16 Å². The van der Waals surface area contributed by atoms with Gasteiger partial charge in [-0.1, -0.05) is 0 Å². The maximum absolute atomic E-state index is 11.9. The molecule has 8 rings (SSSR count). The van der Waals surface area contributed by atoms with Crippen LogP contribution in [-0.2, 0) is 9.47 Å². The summed E-state index contributed by atoms with van der Waals surface area (Å²) in [5.41, 5.74) is -0.373. The highest BCUT2D eigenvalue weighted by molar-refractivity contribution is 5.66. The summed E-state index contributed by atoms with van der Waals surface area (Å²) in [6.45, 7) is 0. The highest BCUT2D eigenvalue weighted by Crippen LogP contribution is 2.77. The van der Waals surface area contributed by atoms with Gasteiger partial charge in [-0.2, -0.15) is 0 Å². The molecule has 0 aromatic heterocycles. The van der Waals surface area contributed by atoms with E-state index in [4.69, 9.17) is 9.47 Å². The Labute approximate surface area is 106 Å². The quantitative estimate of drug-likeness (QED) is 0.616. The molecule has 7 saturated carbocycles. The first kappa shape index (κ1) is 9.22. The number of hydrogen-bond donors (Lipinski definition) is 0. The van der Waals surface area contributed by atoms with Gasteiger partial charge in [0.25, 0.3) is 0 Å². The van der Waals surface area contributed by atoms with Gasteiger partial charge in [-0.3, -0.25) is 0 Å². The molecule has 1 aliphatic heterocycles. The third-order valence-electron chi connectivity index (χ3n) is 7.60. The Kier molecular flexibility index (Phi) is 1.20. The molecule has 0 aromatic rings. The summed E-state index contributed by atoms with van der Waals surface area (Å²) < 4.78 is 11.8. The van der Waals surface area contributed by atoms with Gasteiger partial charge >= 0.3 is 6.16 Å². The Morgan fingerprint density at radius 3 is 1.83 bits per heavy atom. The highest BCUT2D eigenvalue weighted by Gasteiger charge is 2.82. The lowest BCUT2D eigenvalue weighted by Crippen LogP contribution is -2.78. The summed E-state index contributed by atoms with van der Waals surface area (Å²) >= 11 is 0. The average Bonchev–Trinajstić information content (AvgIpc) is 2.64. The number of hydrogen-bond acceptors (Lipinski definition) is 3. The molecule has 7 aliphatic carbocycles. The molecule has 0 N–H and O–H groups in total. The normalized spacial score (nSPS) is 69.2. The van der Waals surface area contributed by atoms with Crippen molar-refractivity contribution in [3.63, 3.8) is 0 Å². The summed E-state index contributed by atoms with van der Waals surface area (Å²) in [5.74, 6) is 4.58. The maximum Gasteiger partial charge on any atom is 0.509 e. The molecule has 1 heterocycles. The first-order valence-electron chi connectivity index (χ1n) is 7.64. The summed E-state index contributed by atoms with van der Waals surface area (Å²) in [6, 6.07) is 0. The molecule has 3 nitrogen and oxygen atoms in total. The van der Waals surface area contributed by atoms with E-state index < -0.39 is 0 Å². The van der Waals surface area contributed by atoms with Crippen molar-refractivity contribution in [1.29, 1.82) is 0 Å². The molecule has 8 unspecified atom stereocenters. The standard InChI is InChI=1S/C15H18O3/c16-13-17-14-5-7-1-9-10-2-8(4-11(9)14)6-15(14,18-13)12(10)3-7/h7-12H,1-6H2. The van der Waals surface area contributed by atoms with Crippen molar-refractivity contribution in [1.82, 2.24) is 0 Å². The van der Waals surface area contributed by atoms with E-state index in [1.807, 2.05) is 0 Å². The van der Waals surface area contributed by atoms with Crippen LogP contribution in [0.25, 0.3) is 0 Å². The van der Waals surface area contributed by atoms with Crippen molar-refractivity contribution in [3.05, 3.63) is 0 Å². The molecule has 18 heavy (non-hydrogen) atoms. The zero-order valence-corrected chi connectivity index (χ0v) is 10.4. The molecule has 2 spiro atoms. The van der Waals surface area contributed by atoms with E-state index in [2.05, 4.69) is 0 Å². The third kappa shape index (κ3) is 0.667. The zero-order chi connectivity index (χ0) is 11.7. The third-order valence-corrected chi connectivity index (χ3v) is 7.60. The molecule has 0 aromatic carbocycles. The van der Waals surface area contributed by atoms with Gasteiger partial charge in [0, 0.05) is 11.8 Å². The van der Waals surface area contributed by atoms with Gasteiger partial charge in [-0.05, 0) is 62.2 Å². The van der Waals surface area contributed by atoms with Gasteiger partial charge in [0.15, 0.2) is 11.2 Å². The first-order valence-corrected chi connectivity index (χ1v) is 7.64. The van der Waals surface area contributed by atoms with E-state index in [0.717, 1.165) is 36.5 Å². The Morgan fingerprint density at radius 2 is 1.33 bits per heavy atom. The second-order valence-corrected chi connectivity index (χ2v) is 7.86. The van der Waals surface area contributed by atoms with Crippen molar-refractivity contribution in [2.24, 2.45) is 35.5 Å². The lowest BCUT2D eigenvalue weighted by atomic mass is 9.32. The van der Waals surface area contributed by atoms with Gasteiger partial charge in [0.1, 0.15) is 0 Å². The van der Waals surface area contributed by atoms with Crippen LogP contribution in [0.15, 0.2) is 0 Å². The van der Waals surface area contributed by atoms with Crippen molar-refractivity contribution in [3.8, 4) is 0 Å². The summed E-state index contributed by atoms with van der Waals surface area (Å²) in [5, 5.41) is 0. The predicted molar refractivity (Wildman–Crippen MR) is 61.7 cm³/mol. The van der Waals surface area contributed by atoms with E-state index in [9.17, 15) is 4.79 Å². The van der Waals surface area contributed by atoms with Gasteiger partial charge in [0.2, 0.25) is 0 Å². The van der Waals surface area contributed by atoms with Crippen LogP contribution >= 0.6 is 0 Å². The summed E-state index contributed by atoms with van der Waals surface area (Å²) in [6.07, 6.45) is 7.29. The molecule has 8 atom stereocenters. The van der Waals surface area contributed by atoms with Crippen molar-refractivity contribution in [2.75, 3.05) is 0 Å². The molecular formula is C15H18O3. The van der Waals surface area contributed by atoms with Crippen LogP contribution in [0.5, 0.6) is 0 Å². The number of ether oxygens (including phenoxy) is 2. The minimum Gasteiger partial charge on any atom is -0.423 e. The number of carbonyl (C=O) groups excluding carboxylic acids is 1. The fourth-order valence-corrected chi connectivity index (χ4v) is 7.57. The zero-order valence-electron chi connectivity index (χ0n) is 10.4. The summed E-state index contributed by atoms with van der Waals surface area (Å²) in [7, 11) is 0. The lowest BCUT2D eigenvalue weighted by Gasteiger charge is -2.73. The Morgan fingerprint density at radius 1 is 0.833 bits per heavy atom. The predicted octanol–water partition coefficient (Wildman–Crippen LogP) is 2.74. The van der Waals surface area contributed by atoms with E-state index in [1.54, 1.807) is 0 Å². The molecule has 1 saturated heterocycles. The van der Waals surface area contributed by atoms with Crippen LogP contribution in [0.1, 0.15) is 38.5 Å². The van der Waals surface area contributed by atoms with Crippen LogP contribution in [0.3, 0.4) is 0 Å². The molecule has 0 radical (unpaired) electrons. The fourth-order valence-electron chi connectivity index (χ4n) is 7.57. The monoisotopic (exact) mass is 246 g/mol. The minimum atomic E-state index is -0.352. The molecule has 8 aliphatic rings. The Balaban J connectivity index is 1.67. The second-order valence-electron chi connectivity index (χ2n) is 7.86. The van der Waals surface area contributed by atoms with E-state index in [0.29, 0.717) is 11.8 Å². The van der Waals surface area contributed by atoms with Crippen LogP contribution < -0.4 is 0 Å². The maximum atomic E-state index is 11.9. The number of rotatable bonds is 0. The van der Waals surface area contributed by atoms with E-state index in [-0.39, 0.29) is 17.4 Å². The molecule has 8 fully saturated rings. The van der Waals surface area contributed by atoms with Gasteiger partial charge in [-0.15, -0.1) is 0 Å². The van der Waals surface area contributed by atoms with Crippen molar-refractivity contribution < 1.29 is 14.3 Å². The minimum absolute atomic E-state index is 0.187. The topological polar surface area (TPSA) is 35.5 Å². The van der Waals surface area contributed by atoms with Crippen LogP contribution in [0, 0.1) is 35.5 Å². The van der Waals surface area contributed by atoms with E-state index in [1.165, 1.54) is 25.7 Å². The first-order chi connectivity index (χ1) is 8.72. The smallest absolute Gasteiger partial charge is 0.423 e. The largest absolute Gasteiger partial charge is 0.509 e. The molecular weight excluding hydrogens is 228 g/mol. The second kappa shape index (κ2) is 2.34. The lowest BCUT2D eigenvalue weighted by molar-refractivity contribution is -0.312. The van der Waals surface area contributed by atoms with Gasteiger partial charge in [-0.25, -0.2) is 4.79 Å². The Hall–Kier alpha value is -0.730. The molecule has 0 amide bonds. The Bertz CT molecular complexity index is 446. The number of carbonyl (C=O) groups is 1. The van der Waals surface area contributed by atoms with Crippen LogP contribution in [0.2, 0.25) is 0 Å².